The van der Waals surface area contributed by atoms with Crippen molar-refractivity contribution < 1.29 is 4.74 Å². The van der Waals surface area contributed by atoms with Gasteiger partial charge in [0.25, 0.3) is 0 Å². The Morgan fingerprint density at radius 2 is 1.90 bits per heavy atom. The van der Waals surface area contributed by atoms with Gasteiger partial charge in [0.1, 0.15) is 11.8 Å². The minimum atomic E-state index is 0.635. The van der Waals surface area contributed by atoms with E-state index in [0.29, 0.717) is 11.3 Å². The number of nitrogens with zero attached hydrogens (tertiary/aromatic N) is 2. The number of hydrogen-bond acceptors (Lipinski definition) is 3. The third-order valence-electron chi connectivity index (χ3n) is 3.30. The molecule has 98 valence electrons. The normalized spacial score (nSPS) is 10.4. The number of nitrogen functional groups attached to an aromatic ring is 1. The molecule has 4 heteroatoms. The van der Waals surface area contributed by atoms with Crippen molar-refractivity contribution in [3.8, 4) is 17.5 Å². The number of ether oxygens (including phenoxy) is 1. The van der Waals surface area contributed by atoms with E-state index < -0.39 is 0 Å². The molecule has 3 aromatic rings. The summed E-state index contributed by atoms with van der Waals surface area (Å²) in [6.07, 6.45) is 1.83. The first-order valence-corrected chi connectivity index (χ1v) is 6.18. The fraction of sp³-hybridized carbons (Fsp3) is 0.0625. The molecule has 0 bridgehead atoms. The largest absolute Gasteiger partial charge is 0.497 e. The van der Waals surface area contributed by atoms with Gasteiger partial charge < -0.3 is 15.0 Å². The van der Waals surface area contributed by atoms with Gasteiger partial charge in [-0.05, 0) is 42.5 Å². The smallest absolute Gasteiger partial charge is 0.119 e. The van der Waals surface area contributed by atoms with Crippen LogP contribution in [0.4, 0.5) is 5.69 Å². The predicted molar refractivity (Wildman–Crippen MR) is 79.0 cm³/mol. The summed E-state index contributed by atoms with van der Waals surface area (Å²) in [4.78, 5) is 0. The first-order valence-electron chi connectivity index (χ1n) is 6.18. The van der Waals surface area contributed by atoms with Crippen LogP contribution in [0.25, 0.3) is 16.6 Å². The molecule has 0 unspecified atom stereocenters. The molecule has 0 radical (unpaired) electrons. The molecule has 0 atom stereocenters. The summed E-state index contributed by atoms with van der Waals surface area (Å²) in [6.45, 7) is 0. The number of benzene rings is 2. The van der Waals surface area contributed by atoms with Crippen molar-refractivity contribution in [1.29, 1.82) is 5.26 Å². The van der Waals surface area contributed by atoms with Gasteiger partial charge in [-0.25, -0.2) is 0 Å². The maximum atomic E-state index is 9.23. The van der Waals surface area contributed by atoms with Crippen LogP contribution in [-0.4, -0.2) is 11.7 Å². The fourth-order valence-corrected chi connectivity index (χ4v) is 2.29. The van der Waals surface area contributed by atoms with Crippen LogP contribution in [0.2, 0.25) is 0 Å². The molecular weight excluding hydrogens is 250 g/mol. The van der Waals surface area contributed by atoms with Gasteiger partial charge >= 0.3 is 0 Å². The maximum Gasteiger partial charge on any atom is 0.119 e. The lowest BCUT2D eigenvalue weighted by Crippen LogP contribution is -1.93. The van der Waals surface area contributed by atoms with Gasteiger partial charge in [0.2, 0.25) is 0 Å². The number of aromatic nitrogens is 1. The Labute approximate surface area is 116 Å². The summed E-state index contributed by atoms with van der Waals surface area (Å²) >= 11 is 0. The molecule has 2 aromatic carbocycles. The second-order valence-corrected chi connectivity index (χ2v) is 4.50. The molecular formula is C16H13N3O. The molecule has 0 aliphatic carbocycles. The Bertz CT molecular complexity index is 810. The Kier molecular flexibility index (Phi) is 2.81. The van der Waals surface area contributed by atoms with Crippen molar-refractivity contribution in [2.24, 2.45) is 0 Å². The van der Waals surface area contributed by atoms with E-state index in [4.69, 9.17) is 10.5 Å². The molecule has 0 saturated carbocycles. The van der Waals surface area contributed by atoms with Gasteiger partial charge in [-0.2, -0.15) is 5.26 Å². The second-order valence-electron chi connectivity index (χ2n) is 4.50. The maximum absolute atomic E-state index is 9.23. The standard InChI is InChI=1S/C16H13N3O/c1-20-14-5-3-13(4-6-14)19-10-11(9-17)15-7-2-12(18)8-16(15)19/h2-8,10H,18H2,1H3. The molecule has 4 nitrogen and oxygen atoms in total. The summed E-state index contributed by atoms with van der Waals surface area (Å²) in [6, 6.07) is 15.4. The van der Waals surface area contributed by atoms with Crippen LogP contribution in [0.1, 0.15) is 5.56 Å². The lowest BCUT2D eigenvalue weighted by Gasteiger charge is -2.07. The lowest BCUT2D eigenvalue weighted by atomic mass is 10.2. The number of anilines is 1. The lowest BCUT2D eigenvalue weighted by molar-refractivity contribution is 0.415. The summed E-state index contributed by atoms with van der Waals surface area (Å²) in [5.41, 5.74) is 9.05. The van der Waals surface area contributed by atoms with Crippen LogP contribution < -0.4 is 10.5 Å². The second kappa shape index (κ2) is 4.63. The highest BCUT2D eigenvalue weighted by Crippen LogP contribution is 2.27. The summed E-state index contributed by atoms with van der Waals surface area (Å²) in [5.74, 6) is 0.797. The molecule has 2 N–H and O–H groups in total. The fourth-order valence-electron chi connectivity index (χ4n) is 2.29. The number of nitriles is 1. The van der Waals surface area contributed by atoms with E-state index in [1.807, 2.05) is 53.2 Å². The number of nitrogens with two attached hydrogens (primary N) is 1. The topological polar surface area (TPSA) is 64.0 Å². The zero-order valence-corrected chi connectivity index (χ0v) is 11.0. The molecule has 0 aliphatic heterocycles. The van der Waals surface area contributed by atoms with Gasteiger partial charge in [-0.3, -0.25) is 0 Å². The van der Waals surface area contributed by atoms with Gasteiger partial charge in [0.05, 0.1) is 18.2 Å². The highest BCUT2D eigenvalue weighted by Gasteiger charge is 2.09. The third kappa shape index (κ3) is 1.86. The van der Waals surface area contributed by atoms with Crippen LogP contribution in [0.15, 0.2) is 48.7 Å². The monoisotopic (exact) mass is 263 g/mol. The minimum Gasteiger partial charge on any atom is -0.497 e. The van der Waals surface area contributed by atoms with E-state index >= 15 is 0 Å². The van der Waals surface area contributed by atoms with E-state index in [1.54, 1.807) is 7.11 Å². The van der Waals surface area contributed by atoms with Crippen molar-refractivity contribution in [3.63, 3.8) is 0 Å². The van der Waals surface area contributed by atoms with Crippen LogP contribution in [0.5, 0.6) is 5.75 Å². The molecule has 0 saturated heterocycles. The zero-order valence-electron chi connectivity index (χ0n) is 11.0. The first kappa shape index (κ1) is 12.1. The third-order valence-corrected chi connectivity index (χ3v) is 3.30. The summed E-state index contributed by atoms with van der Waals surface area (Å²) < 4.78 is 7.12. The van der Waals surface area contributed by atoms with Crippen molar-refractivity contribution in [3.05, 3.63) is 54.2 Å². The van der Waals surface area contributed by atoms with E-state index in [0.717, 1.165) is 22.3 Å². The number of hydrogen-bond donors (Lipinski definition) is 1. The Balaban J connectivity index is 2.24. The molecule has 0 fully saturated rings. The van der Waals surface area contributed by atoms with E-state index in [2.05, 4.69) is 6.07 Å². The minimum absolute atomic E-state index is 0.635. The number of rotatable bonds is 2. The Hall–Kier alpha value is -2.93. The molecule has 3 rings (SSSR count). The van der Waals surface area contributed by atoms with Gasteiger partial charge in [-0.15, -0.1) is 0 Å². The SMILES string of the molecule is COc1ccc(-n2cc(C#N)c3ccc(N)cc32)cc1. The number of fused-ring (bicyclic) bond motifs is 1. The van der Waals surface area contributed by atoms with Crippen molar-refractivity contribution in [2.45, 2.75) is 0 Å². The first-order chi connectivity index (χ1) is 9.72. The van der Waals surface area contributed by atoms with E-state index in [9.17, 15) is 5.26 Å². The summed E-state index contributed by atoms with van der Waals surface area (Å²) in [5, 5.41) is 10.1. The molecule has 0 aliphatic rings. The average molecular weight is 263 g/mol. The quantitative estimate of drug-likeness (QED) is 0.722. The number of methoxy groups -OCH3 is 1. The molecule has 1 heterocycles. The van der Waals surface area contributed by atoms with Crippen molar-refractivity contribution in [1.82, 2.24) is 4.57 Å². The predicted octanol–water partition coefficient (Wildman–Crippen LogP) is 3.09. The highest BCUT2D eigenvalue weighted by atomic mass is 16.5. The van der Waals surface area contributed by atoms with Crippen LogP contribution >= 0.6 is 0 Å². The van der Waals surface area contributed by atoms with Gasteiger partial charge in [0.15, 0.2) is 0 Å². The molecule has 1 aromatic heterocycles. The van der Waals surface area contributed by atoms with Crippen molar-refractivity contribution in [2.75, 3.05) is 12.8 Å². The average Bonchev–Trinajstić information content (AvgIpc) is 2.85. The van der Waals surface area contributed by atoms with Gasteiger partial charge in [0, 0.05) is 23.0 Å². The molecule has 0 spiro atoms. The molecule has 20 heavy (non-hydrogen) atoms. The van der Waals surface area contributed by atoms with Crippen LogP contribution in [0, 0.1) is 11.3 Å². The van der Waals surface area contributed by atoms with E-state index in [1.165, 1.54) is 0 Å². The zero-order chi connectivity index (χ0) is 14.1. The Morgan fingerprint density at radius 1 is 1.15 bits per heavy atom. The van der Waals surface area contributed by atoms with Crippen LogP contribution in [0.3, 0.4) is 0 Å². The van der Waals surface area contributed by atoms with Gasteiger partial charge in [-0.1, -0.05) is 0 Å². The summed E-state index contributed by atoms with van der Waals surface area (Å²) in [7, 11) is 1.63. The van der Waals surface area contributed by atoms with E-state index in [-0.39, 0.29) is 0 Å². The Morgan fingerprint density at radius 3 is 2.55 bits per heavy atom. The molecule has 0 amide bonds. The van der Waals surface area contributed by atoms with Crippen molar-refractivity contribution >= 4 is 16.6 Å². The van der Waals surface area contributed by atoms with Crippen LogP contribution in [-0.2, 0) is 0 Å². The highest BCUT2D eigenvalue weighted by molar-refractivity contribution is 5.90.